The van der Waals surface area contributed by atoms with Crippen molar-refractivity contribution < 1.29 is 14.9 Å². The second-order valence-electron chi connectivity index (χ2n) is 5.16. The Labute approximate surface area is 140 Å². The third-order valence-electron chi connectivity index (χ3n) is 3.64. The molecule has 0 spiro atoms. The number of benzene rings is 1. The van der Waals surface area contributed by atoms with E-state index in [1.54, 1.807) is 0 Å². The molecule has 0 bridgehead atoms. The van der Waals surface area contributed by atoms with Gasteiger partial charge in [0.2, 0.25) is 0 Å². The molecular weight excluding hydrogens is 332 g/mol. The van der Waals surface area contributed by atoms with E-state index in [9.17, 15) is 9.59 Å². The van der Waals surface area contributed by atoms with Crippen molar-refractivity contribution in [2.45, 2.75) is 12.8 Å². The molecule has 0 amide bonds. The van der Waals surface area contributed by atoms with Crippen molar-refractivity contribution in [1.29, 1.82) is 0 Å². The monoisotopic (exact) mass is 348 g/mol. The lowest BCUT2D eigenvalue weighted by molar-refractivity contribution is -0.0498. The molecule has 7 nitrogen and oxygen atoms in total. The van der Waals surface area contributed by atoms with Gasteiger partial charge in [-0.15, -0.1) is 11.3 Å². The van der Waals surface area contributed by atoms with Crippen LogP contribution in [0.15, 0.2) is 45.3 Å². The second-order valence-corrected chi connectivity index (χ2v) is 6.04. The van der Waals surface area contributed by atoms with Crippen molar-refractivity contribution in [3.8, 4) is 11.1 Å². The van der Waals surface area contributed by atoms with Crippen molar-refractivity contribution in [3.05, 3.63) is 56.5 Å². The summed E-state index contributed by atoms with van der Waals surface area (Å²) in [7, 11) is 0. The molecule has 0 aliphatic carbocycles. The Morgan fingerprint density at radius 2 is 1.88 bits per heavy atom. The molecule has 8 heteroatoms. The fraction of sp³-hybridized carbons (Fsp3) is 0.250. The molecule has 0 unspecified atom stereocenters. The molecule has 0 aliphatic heterocycles. The van der Waals surface area contributed by atoms with Crippen molar-refractivity contribution in [1.82, 2.24) is 9.55 Å². The number of rotatable bonds is 6. The topological polar surface area (TPSA) is 105 Å². The van der Waals surface area contributed by atoms with Gasteiger partial charge in [-0.25, -0.2) is 4.79 Å². The first-order valence-corrected chi connectivity index (χ1v) is 8.16. The van der Waals surface area contributed by atoms with Crippen LogP contribution in [0.3, 0.4) is 0 Å². The van der Waals surface area contributed by atoms with Crippen LogP contribution < -0.4 is 11.2 Å². The van der Waals surface area contributed by atoms with Crippen molar-refractivity contribution >= 4 is 21.6 Å². The number of aromatic amines is 1. The third-order valence-corrected chi connectivity index (χ3v) is 4.61. The van der Waals surface area contributed by atoms with E-state index in [0.29, 0.717) is 10.2 Å². The van der Waals surface area contributed by atoms with E-state index in [1.807, 2.05) is 35.7 Å². The molecule has 2 aromatic heterocycles. The van der Waals surface area contributed by atoms with Crippen LogP contribution in [0.1, 0.15) is 0 Å². The molecule has 0 saturated heterocycles. The number of aromatic nitrogens is 2. The summed E-state index contributed by atoms with van der Waals surface area (Å²) in [5.41, 5.74) is 1.07. The summed E-state index contributed by atoms with van der Waals surface area (Å²) in [5.74, 6) is 0. The first-order chi connectivity index (χ1) is 11.7. The molecule has 24 heavy (non-hydrogen) atoms. The van der Waals surface area contributed by atoms with Gasteiger partial charge in [-0.1, -0.05) is 30.3 Å². The minimum Gasteiger partial charge on any atom is -0.394 e. The lowest BCUT2D eigenvalue weighted by Gasteiger charge is -2.15. The highest BCUT2D eigenvalue weighted by Crippen LogP contribution is 2.31. The van der Waals surface area contributed by atoms with Gasteiger partial charge in [-0.3, -0.25) is 14.3 Å². The number of nitrogens with one attached hydrogen (secondary N) is 1. The molecule has 0 saturated carbocycles. The molecule has 126 valence electrons. The Bertz CT molecular complexity index is 940. The highest BCUT2D eigenvalue weighted by atomic mass is 32.1. The summed E-state index contributed by atoms with van der Waals surface area (Å²) < 4.78 is 7.08. The number of nitrogens with zero attached hydrogens (tertiary/aromatic N) is 1. The molecule has 2 heterocycles. The minimum absolute atomic E-state index is 0.186. The molecule has 0 aliphatic rings. The smallest absolute Gasteiger partial charge is 0.330 e. The van der Waals surface area contributed by atoms with E-state index in [4.69, 9.17) is 14.9 Å². The maximum absolute atomic E-state index is 12.2. The van der Waals surface area contributed by atoms with Gasteiger partial charge in [-0.05, 0) is 5.56 Å². The summed E-state index contributed by atoms with van der Waals surface area (Å²) in [4.78, 5) is 26.6. The predicted molar refractivity (Wildman–Crippen MR) is 91.2 cm³/mol. The second kappa shape index (κ2) is 7.10. The number of aliphatic hydroxyl groups excluding tert-OH is 2. The Kier molecular flexibility index (Phi) is 4.91. The average Bonchev–Trinajstić information content (AvgIpc) is 3.04. The van der Waals surface area contributed by atoms with Gasteiger partial charge < -0.3 is 14.9 Å². The Hall–Kier alpha value is -2.26. The number of thiophene rings is 1. The minimum atomic E-state index is -0.794. The molecule has 3 N–H and O–H groups in total. The number of fused-ring (bicyclic) bond motifs is 1. The van der Waals surface area contributed by atoms with Crippen molar-refractivity contribution in [2.75, 3.05) is 13.2 Å². The van der Waals surface area contributed by atoms with E-state index in [2.05, 4.69) is 4.98 Å². The van der Waals surface area contributed by atoms with E-state index in [1.165, 1.54) is 15.9 Å². The summed E-state index contributed by atoms with van der Waals surface area (Å²) >= 11 is 1.25. The lowest BCUT2D eigenvalue weighted by atomic mass is 10.1. The largest absolute Gasteiger partial charge is 0.394 e. The van der Waals surface area contributed by atoms with Crippen LogP contribution in [0.25, 0.3) is 21.3 Å². The standard InChI is InChI=1S/C16H16N2O5S/c19-6-11(7-20)23-9-18-13-12(10-4-2-1-3-5-10)8-24-14(13)15(21)17-16(18)22/h1-5,8,11,19-20H,6-7,9H2,(H,17,21,22). The first kappa shape index (κ1) is 16.6. The van der Waals surface area contributed by atoms with E-state index < -0.39 is 17.4 Å². The quantitative estimate of drug-likeness (QED) is 0.610. The van der Waals surface area contributed by atoms with Gasteiger partial charge in [0.25, 0.3) is 5.56 Å². The highest BCUT2D eigenvalue weighted by Gasteiger charge is 2.16. The molecule has 0 fully saturated rings. The van der Waals surface area contributed by atoms with Crippen LogP contribution in [0.2, 0.25) is 0 Å². The van der Waals surface area contributed by atoms with Crippen LogP contribution >= 0.6 is 11.3 Å². The molecule has 0 radical (unpaired) electrons. The van der Waals surface area contributed by atoms with Crippen molar-refractivity contribution in [2.24, 2.45) is 0 Å². The Morgan fingerprint density at radius 1 is 1.17 bits per heavy atom. The van der Waals surface area contributed by atoms with Gasteiger partial charge in [0.05, 0.1) is 18.7 Å². The number of H-pyrrole nitrogens is 1. The summed E-state index contributed by atoms with van der Waals surface area (Å²) in [5, 5.41) is 20.0. The Balaban J connectivity index is 2.15. The maximum atomic E-state index is 12.2. The SMILES string of the molecule is O=c1[nH]c(=O)n(COC(CO)CO)c2c(-c3ccccc3)csc12. The van der Waals surface area contributed by atoms with Crippen molar-refractivity contribution in [3.63, 3.8) is 0 Å². The number of aliphatic hydroxyl groups is 2. The van der Waals surface area contributed by atoms with Gasteiger partial charge in [0.15, 0.2) is 0 Å². The van der Waals surface area contributed by atoms with E-state index >= 15 is 0 Å². The average molecular weight is 348 g/mol. The van der Waals surface area contributed by atoms with E-state index in [0.717, 1.165) is 11.1 Å². The zero-order chi connectivity index (χ0) is 17.1. The van der Waals surface area contributed by atoms with Gasteiger partial charge in [0.1, 0.15) is 17.5 Å². The lowest BCUT2D eigenvalue weighted by Crippen LogP contribution is -2.33. The first-order valence-electron chi connectivity index (χ1n) is 7.28. The molecule has 1 aromatic carbocycles. The molecule has 0 atom stereocenters. The third kappa shape index (κ3) is 3.04. The number of ether oxygens (including phenoxy) is 1. The zero-order valence-corrected chi connectivity index (χ0v) is 13.5. The summed E-state index contributed by atoms with van der Waals surface area (Å²) in [6.45, 7) is -0.922. The Morgan fingerprint density at radius 3 is 2.54 bits per heavy atom. The number of hydrogen-bond donors (Lipinski definition) is 3. The highest BCUT2D eigenvalue weighted by molar-refractivity contribution is 7.17. The number of hydrogen-bond acceptors (Lipinski definition) is 6. The molecular formula is C16H16N2O5S. The van der Waals surface area contributed by atoms with Gasteiger partial charge in [-0.2, -0.15) is 0 Å². The summed E-state index contributed by atoms with van der Waals surface area (Å²) in [6.07, 6.45) is -0.794. The van der Waals surface area contributed by atoms with E-state index in [-0.39, 0.29) is 19.9 Å². The fourth-order valence-corrected chi connectivity index (χ4v) is 3.37. The van der Waals surface area contributed by atoms with Gasteiger partial charge >= 0.3 is 5.69 Å². The molecule has 3 aromatic rings. The zero-order valence-electron chi connectivity index (χ0n) is 12.6. The normalized spacial score (nSPS) is 11.5. The molecule has 3 rings (SSSR count). The van der Waals surface area contributed by atoms with Crippen LogP contribution in [-0.2, 0) is 11.5 Å². The maximum Gasteiger partial charge on any atom is 0.330 e. The van der Waals surface area contributed by atoms with Crippen LogP contribution in [0.4, 0.5) is 0 Å². The van der Waals surface area contributed by atoms with Crippen LogP contribution in [-0.4, -0.2) is 39.1 Å². The predicted octanol–water partition coefficient (Wildman–Crippen LogP) is 0.746. The fourth-order valence-electron chi connectivity index (χ4n) is 2.39. The summed E-state index contributed by atoms with van der Waals surface area (Å²) in [6, 6.07) is 9.41. The van der Waals surface area contributed by atoms with Crippen LogP contribution in [0.5, 0.6) is 0 Å². The van der Waals surface area contributed by atoms with Gasteiger partial charge in [0, 0.05) is 10.9 Å². The van der Waals surface area contributed by atoms with Crippen LogP contribution in [0, 0.1) is 0 Å².